The molecule has 0 radical (unpaired) electrons. The number of hydrogen-bond acceptors (Lipinski definition) is 2. The highest BCUT2D eigenvalue weighted by molar-refractivity contribution is 5.90. The molecular weight excluding hydrogens is 295 g/mol. The molecule has 23 heavy (non-hydrogen) atoms. The smallest absolute Gasteiger partial charge is 0.319 e. The van der Waals surface area contributed by atoms with Crippen LogP contribution in [0.1, 0.15) is 31.0 Å². The molecule has 0 saturated carbocycles. The van der Waals surface area contributed by atoms with Crippen LogP contribution in [0.3, 0.4) is 0 Å². The average Bonchev–Trinajstić information content (AvgIpc) is 2.88. The Hall–Kier alpha value is -2.37. The minimum Gasteiger partial charge on any atom is -0.337 e. The molecular formula is C17H23FN4O. The number of halogens is 1. The van der Waals surface area contributed by atoms with Crippen molar-refractivity contribution in [3.05, 3.63) is 47.5 Å². The number of carbonyl (C=O) groups excluding carboxylic acids is 1. The molecule has 6 heteroatoms. The summed E-state index contributed by atoms with van der Waals surface area (Å²) >= 11 is 0. The first-order valence-electron chi connectivity index (χ1n) is 7.67. The second kappa shape index (κ2) is 7.26. The topological polar surface area (TPSA) is 59.0 Å². The molecule has 2 rings (SSSR count). The van der Waals surface area contributed by atoms with E-state index in [-0.39, 0.29) is 17.8 Å². The highest BCUT2D eigenvalue weighted by Gasteiger charge is 2.19. The number of carbonyl (C=O) groups is 1. The number of hydrogen-bond donors (Lipinski definition) is 2. The maximum Gasteiger partial charge on any atom is 0.319 e. The van der Waals surface area contributed by atoms with Gasteiger partial charge in [0.2, 0.25) is 0 Å². The lowest BCUT2D eigenvalue weighted by molar-refractivity contribution is 0.250. The summed E-state index contributed by atoms with van der Waals surface area (Å²) in [5, 5.41) is 9.82. The quantitative estimate of drug-likeness (QED) is 0.887. The van der Waals surface area contributed by atoms with E-state index in [2.05, 4.69) is 29.6 Å². The van der Waals surface area contributed by atoms with Crippen LogP contribution in [0.25, 0.3) is 0 Å². The van der Waals surface area contributed by atoms with Gasteiger partial charge in [-0.3, -0.25) is 4.68 Å². The van der Waals surface area contributed by atoms with Crippen molar-refractivity contribution in [2.75, 3.05) is 11.9 Å². The molecule has 2 aromatic rings. The van der Waals surface area contributed by atoms with Crippen LogP contribution in [0.2, 0.25) is 0 Å². The average molecular weight is 318 g/mol. The monoisotopic (exact) mass is 318 g/mol. The van der Waals surface area contributed by atoms with Gasteiger partial charge in [-0.2, -0.15) is 5.10 Å². The van der Waals surface area contributed by atoms with Gasteiger partial charge in [0.05, 0.1) is 0 Å². The van der Waals surface area contributed by atoms with Gasteiger partial charge in [-0.25, -0.2) is 9.18 Å². The number of amides is 2. The molecule has 0 unspecified atom stereocenters. The fourth-order valence-corrected chi connectivity index (χ4v) is 2.57. The fraction of sp³-hybridized carbons (Fsp3) is 0.412. The lowest BCUT2D eigenvalue weighted by Gasteiger charge is -2.22. The molecule has 0 bridgehead atoms. The summed E-state index contributed by atoms with van der Waals surface area (Å²) in [4.78, 5) is 12.1. The van der Waals surface area contributed by atoms with Gasteiger partial charge >= 0.3 is 6.03 Å². The van der Waals surface area contributed by atoms with Crippen LogP contribution >= 0.6 is 0 Å². The molecule has 2 amide bonds. The van der Waals surface area contributed by atoms with Gasteiger partial charge in [0.25, 0.3) is 0 Å². The largest absolute Gasteiger partial charge is 0.337 e. The third-order valence-electron chi connectivity index (χ3n) is 3.96. The Kier molecular flexibility index (Phi) is 5.36. The molecule has 1 heterocycles. The summed E-state index contributed by atoms with van der Waals surface area (Å²) in [6.07, 6.45) is 1.76. The van der Waals surface area contributed by atoms with Gasteiger partial charge in [0, 0.05) is 37.1 Å². The predicted molar refractivity (Wildman–Crippen MR) is 88.9 cm³/mol. The van der Waals surface area contributed by atoms with Crippen LogP contribution in [0, 0.1) is 18.7 Å². The zero-order chi connectivity index (χ0) is 17.0. The zero-order valence-electron chi connectivity index (χ0n) is 13.9. The summed E-state index contributed by atoms with van der Waals surface area (Å²) in [6, 6.07) is 5.95. The predicted octanol–water partition coefficient (Wildman–Crippen LogP) is 3.43. The number of aryl methyl sites for hydroxylation is 2. The van der Waals surface area contributed by atoms with E-state index >= 15 is 0 Å². The van der Waals surface area contributed by atoms with E-state index in [1.807, 2.05) is 17.8 Å². The standard InChI is InChI=1S/C17H23FN4O/c1-11(2)14(16-7-8-20-22(16)4)10-19-17(23)21-15-6-5-13(18)9-12(15)3/h5-9,11,14H,10H2,1-4H3,(H2,19,21,23)/t14-/m1/s1. The van der Waals surface area contributed by atoms with E-state index < -0.39 is 0 Å². The Morgan fingerprint density at radius 3 is 2.65 bits per heavy atom. The van der Waals surface area contributed by atoms with Crippen molar-refractivity contribution in [3.8, 4) is 0 Å². The van der Waals surface area contributed by atoms with Crippen LogP contribution in [0.15, 0.2) is 30.5 Å². The minimum absolute atomic E-state index is 0.169. The molecule has 0 spiro atoms. The van der Waals surface area contributed by atoms with Crippen molar-refractivity contribution >= 4 is 11.7 Å². The molecule has 2 N–H and O–H groups in total. The molecule has 0 fully saturated rings. The lowest BCUT2D eigenvalue weighted by Crippen LogP contribution is -2.34. The molecule has 124 valence electrons. The Bertz CT molecular complexity index is 681. The van der Waals surface area contributed by atoms with Crippen molar-refractivity contribution in [1.29, 1.82) is 0 Å². The molecule has 1 aromatic heterocycles. The molecule has 0 saturated heterocycles. The third-order valence-corrected chi connectivity index (χ3v) is 3.96. The number of rotatable bonds is 5. The SMILES string of the molecule is Cc1cc(F)ccc1NC(=O)NC[C@@H](c1ccnn1C)C(C)C. The third kappa shape index (κ3) is 4.31. The van der Waals surface area contributed by atoms with Gasteiger partial charge < -0.3 is 10.6 Å². The molecule has 1 aromatic carbocycles. The molecule has 1 atom stereocenters. The van der Waals surface area contributed by atoms with Crippen molar-refractivity contribution in [3.63, 3.8) is 0 Å². The van der Waals surface area contributed by atoms with Crippen molar-refractivity contribution < 1.29 is 9.18 Å². The number of benzene rings is 1. The van der Waals surface area contributed by atoms with Gasteiger partial charge in [0.15, 0.2) is 0 Å². The number of aromatic nitrogens is 2. The number of nitrogens with one attached hydrogen (secondary N) is 2. The van der Waals surface area contributed by atoms with Gasteiger partial charge in [-0.15, -0.1) is 0 Å². The maximum atomic E-state index is 13.1. The minimum atomic E-state index is -0.315. The number of anilines is 1. The lowest BCUT2D eigenvalue weighted by atomic mass is 9.92. The Morgan fingerprint density at radius 2 is 2.09 bits per heavy atom. The Morgan fingerprint density at radius 1 is 1.35 bits per heavy atom. The van der Waals surface area contributed by atoms with E-state index in [4.69, 9.17) is 0 Å². The van der Waals surface area contributed by atoms with E-state index in [1.165, 1.54) is 12.1 Å². The summed E-state index contributed by atoms with van der Waals surface area (Å²) in [5.74, 6) is 0.213. The summed E-state index contributed by atoms with van der Waals surface area (Å²) in [5.41, 5.74) is 2.37. The summed E-state index contributed by atoms with van der Waals surface area (Å²) < 4.78 is 14.9. The van der Waals surface area contributed by atoms with E-state index in [1.54, 1.807) is 19.2 Å². The second-order valence-corrected chi connectivity index (χ2v) is 6.02. The first-order valence-corrected chi connectivity index (χ1v) is 7.67. The maximum absolute atomic E-state index is 13.1. The first-order chi connectivity index (χ1) is 10.9. The molecule has 0 aliphatic heterocycles. The highest BCUT2D eigenvalue weighted by Crippen LogP contribution is 2.23. The van der Waals surface area contributed by atoms with E-state index in [0.29, 0.717) is 23.7 Å². The summed E-state index contributed by atoms with van der Waals surface area (Å²) in [6.45, 7) is 6.48. The highest BCUT2D eigenvalue weighted by atomic mass is 19.1. The van der Waals surface area contributed by atoms with Gasteiger partial charge in [0.1, 0.15) is 5.82 Å². The molecule has 0 aliphatic carbocycles. The Balaban J connectivity index is 1.98. The van der Waals surface area contributed by atoms with Crippen LogP contribution < -0.4 is 10.6 Å². The van der Waals surface area contributed by atoms with Crippen molar-refractivity contribution in [2.24, 2.45) is 13.0 Å². The van der Waals surface area contributed by atoms with Crippen LogP contribution in [0.4, 0.5) is 14.9 Å². The zero-order valence-corrected chi connectivity index (χ0v) is 13.9. The van der Waals surface area contributed by atoms with Crippen molar-refractivity contribution in [2.45, 2.75) is 26.7 Å². The number of nitrogens with zero attached hydrogens (tertiary/aromatic N) is 2. The van der Waals surface area contributed by atoms with E-state index in [0.717, 1.165) is 5.69 Å². The molecule has 0 aliphatic rings. The van der Waals surface area contributed by atoms with Crippen LogP contribution in [0.5, 0.6) is 0 Å². The first kappa shape index (κ1) is 17.0. The van der Waals surface area contributed by atoms with Gasteiger partial charge in [-0.05, 0) is 42.7 Å². The second-order valence-electron chi connectivity index (χ2n) is 6.02. The fourth-order valence-electron chi connectivity index (χ4n) is 2.57. The van der Waals surface area contributed by atoms with E-state index in [9.17, 15) is 9.18 Å². The van der Waals surface area contributed by atoms with Crippen molar-refractivity contribution in [1.82, 2.24) is 15.1 Å². The normalized spacial score (nSPS) is 12.3. The molecule has 5 nitrogen and oxygen atoms in total. The number of urea groups is 1. The van der Waals surface area contributed by atoms with Crippen LogP contribution in [-0.2, 0) is 7.05 Å². The Labute approximate surface area is 135 Å². The van der Waals surface area contributed by atoms with Gasteiger partial charge in [-0.1, -0.05) is 13.8 Å². The summed E-state index contributed by atoms with van der Waals surface area (Å²) in [7, 11) is 1.90. The van der Waals surface area contributed by atoms with Crippen LogP contribution in [-0.4, -0.2) is 22.4 Å².